The van der Waals surface area contributed by atoms with E-state index in [1.54, 1.807) is 0 Å². The number of carbonyl (C=O) groups excluding carboxylic acids is 1. The van der Waals surface area contributed by atoms with E-state index in [4.69, 9.17) is 0 Å². The molecule has 1 aliphatic heterocycles. The van der Waals surface area contributed by atoms with E-state index in [9.17, 15) is 4.79 Å². The van der Waals surface area contributed by atoms with Gasteiger partial charge in [-0.2, -0.15) is 0 Å². The van der Waals surface area contributed by atoms with E-state index in [0.29, 0.717) is 6.04 Å². The third kappa shape index (κ3) is 3.54. The maximum absolute atomic E-state index is 12.7. The number of anilines is 1. The Morgan fingerprint density at radius 2 is 2.25 bits per heavy atom. The van der Waals surface area contributed by atoms with Crippen molar-refractivity contribution in [3.05, 3.63) is 29.8 Å². The molecule has 1 saturated heterocycles. The molecule has 3 nitrogen and oxygen atoms in total. The predicted molar refractivity (Wildman–Crippen MR) is 87.9 cm³/mol. The van der Waals surface area contributed by atoms with Gasteiger partial charge >= 0.3 is 0 Å². The summed E-state index contributed by atoms with van der Waals surface area (Å²) in [4.78, 5) is 16.8. The molecule has 1 aromatic carbocycles. The number of hydrogen-bond acceptors (Lipinski definition) is 2. The van der Waals surface area contributed by atoms with Crippen molar-refractivity contribution in [3.63, 3.8) is 0 Å². The second-order valence-corrected chi connectivity index (χ2v) is 6.36. The van der Waals surface area contributed by atoms with Crippen LogP contribution in [0.4, 0.5) is 5.69 Å². The Morgan fingerprint density at radius 3 is 2.95 bits per heavy atom. The zero-order valence-corrected chi connectivity index (χ0v) is 13.9. The van der Waals surface area contributed by atoms with Crippen molar-refractivity contribution in [2.75, 3.05) is 30.9 Å². The maximum atomic E-state index is 12.7. The standard InChI is InChI=1S/C16H23BrN2O/c1-18(2)15-7-3-6-13(12-15)16(20)19-11-5-9-14(19)8-4-10-17/h3,6-7,12,14H,4-5,8-11H2,1-2H3. The summed E-state index contributed by atoms with van der Waals surface area (Å²) in [5, 5.41) is 1.02. The van der Waals surface area contributed by atoms with E-state index >= 15 is 0 Å². The second kappa shape index (κ2) is 7.11. The summed E-state index contributed by atoms with van der Waals surface area (Å²) in [6, 6.07) is 8.33. The first-order valence-corrected chi connectivity index (χ1v) is 8.40. The van der Waals surface area contributed by atoms with Crippen molar-refractivity contribution in [3.8, 4) is 0 Å². The molecule has 4 heteroatoms. The molecule has 0 aliphatic carbocycles. The van der Waals surface area contributed by atoms with Crippen molar-refractivity contribution < 1.29 is 4.79 Å². The van der Waals surface area contributed by atoms with Crippen molar-refractivity contribution >= 4 is 27.5 Å². The number of rotatable bonds is 5. The molecular weight excluding hydrogens is 316 g/mol. The fraction of sp³-hybridized carbons (Fsp3) is 0.562. The molecule has 1 amide bonds. The van der Waals surface area contributed by atoms with E-state index in [1.165, 1.54) is 0 Å². The van der Waals surface area contributed by atoms with Crippen LogP contribution in [0.1, 0.15) is 36.0 Å². The number of nitrogens with zero attached hydrogens (tertiary/aromatic N) is 2. The highest BCUT2D eigenvalue weighted by molar-refractivity contribution is 9.09. The lowest BCUT2D eigenvalue weighted by molar-refractivity contribution is 0.0730. The van der Waals surface area contributed by atoms with Gasteiger partial charge < -0.3 is 9.80 Å². The van der Waals surface area contributed by atoms with Crippen molar-refractivity contribution in [1.82, 2.24) is 4.90 Å². The lowest BCUT2D eigenvalue weighted by Crippen LogP contribution is -2.35. The molecule has 0 aromatic heterocycles. The number of hydrogen-bond donors (Lipinski definition) is 0. The molecule has 1 unspecified atom stereocenters. The van der Waals surface area contributed by atoms with Gasteiger partial charge in [-0.3, -0.25) is 4.79 Å². The van der Waals surface area contributed by atoms with Crippen LogP contribution in [-0.4, -0.2) is 42.8 Å². The summed E-state index contributed by atoms with van der Waals surface area (Å²) in [6.45, 7) is 0.901. The molecular formula is C16H23BrN2O. The number of amides is 1. The van der Waals surface area contributed by atoms with Crippen molar-refractivity contribution in [1.29, 1.82) is 0 Å². The Morgan fingerprint density at radius 1 is 1.45 bits per heavy atom. The molecule has 0 radical (unpaired) electrons. The summed E-state index contributed by atoms with van der Waals surface area (Å²) >= 11 is 3.48. The highest BCUT2D eigenvalue weighted by atomic mass is 79.9. The van der Waals surface area contributed by atoms with Crippen LogP contribution in [0.15, 0.2) is 24.3 Å². The van der Waals surface area contributed by atoms with E-state index in [-0.39, 0.29) is 5.91 Å². The third-order valence-corrected chi connectivity index (χ3v) is 4.48. The Bertz CT molecular complexity index is 462. The summed E-state index contributed by atoms with van der Waals surface area (Å²) < 4.78 is 0. The summed E-state index contributed by atoms with van der Waals surface area (Å²) in [5.41, 5.74) is 1.88. The highest BCUT2D eigenvalue weighted by Crippen LogP contribution is 2.25. The summed E-state index contributed by atoms with van der Waals surface area (Å²) in [6.07, 6.45) is 4.51. The van der Waals surface area contributed by atoms with Gasteiger partial charge in [-0.05, 0) is 43.9 Å². The van der Waals surface area contributed by atoms with E-state index in [1.807, 2.05) is 43.3 Å². The van der Waals surface area contributed by atoms with Gasteiger partial charge in [0, 0.05) is 43.3 Å². The number of benzene rings is 1. The predicted octanol–water partition coefficient (Wildman–Crippen LogP) is 3.53. The van der Waals surface area contributed by atoms with Crippen LogP contribution >= 0.6 is 15.9 Å². The minimum atomic E-state index is 0.186. The minimum Gasteiger partial charge on any atom is -0.378 e. The Labute approximate surface area is 130 Å². The first-order valence-electron chi connectivity index (χ1n) is 7.28. The normalized spacial score (nSPS) is 18.4. The lowest BCUT2D eigenvalue weighted by Gasteiger charge is -2.25. The fourth-order valence-corrected chi connectivity index (χ4v) is 3.12. The highest BCUT2D eigenvalue weighted by Gasteiger charge is 2.28. The molecule has 1 aliphatic rings. The number of halogens is 1. The van der Waals surface area contributed by atoms with Gasteiger partial charge in [0.2, 0.25) is 0 Å². The Balaban J connectivity index is 2.11. The van der Waals surface area contributed by atoms with E-state index in [2.05, 4.69) is 20.8 Å². The molecule has 0 bridgehead atoms. The minimum absolute atomic E-state index is 0.186. The van der Waals surface area contributed by atoms with Crippen LogP contribution in [0.5, 0.6) is 0 Å². The molecule has 1 heterocycles. The van der Waals surface area contributed by atoms with Crippen LogP contribution in [0, 0.1) is 0 Å². The van der Waals surface area contributed by atoms with E-state index < -0.39 is 0 Å². The van der Waals surface area contributed by atoms with Gasteiger partial charge in [-0.1, -0.05) is 22.0 Å². The van der Waals surface area contributed by atoms with Crippen LogP contribution in [-0.2, 0) is 0 Å². The Kier molecular flexibility index (Phi) is 5.46. The van der Waals surface area contributed by atoms with Gasteiger partial charge in [0.1, 0.15) is 0 Å². The van der Waals surface area contributed by atoms with Gasteiger partial charge in [0.25, 0.3) is 5.91 Å². The first kappa shape index (κ1) is 15.4. The molecule has 1 atom stereocenters. The largest absolute Gasteiger partial charge is 0.378 e. The van der Waals surface area contributed by atoms with Gasteiger partial charge in [-0.25, -0.2) is 0 Å². The summed E-state index contributed by atoms with van der Waals surface area (Å²) in [7, 11) is 4.00. The van der Waals surface area contributed by atoms with Crippen LogP contribution in [0.2, 0.25) is 0 Å². The SMILES string of the molecule is CN(C)c1cccc(C(=O)N2CCCC2CCCBr)c1. The second-order valence-electron chi connectivity index (χ2n) is 5.57. The molecule has 0 saturated carbocycles. The fourth-order valence-electron chi connectivity index (χ4n) is 2.80. The molecule has 0 N–H and O–H groups in total. The topological polar surface area (TPSA) is 23.6 Å². The molecule has 1 aromatic rings. The van der Waals surface area contributed by atoms with E-state index in [0.717, 1.165) is 48.8 Å². The zero-order valence-electron chi connectivity index (χ0n) is 12.3. The Hall–Kier alpha value is -1.03. The van der Waals surface area contributed by atoms with Gasteiger partial charge in [0.15, 0.2) is 0 Å². The van der Waals surface area contributed by atoms with Crippen molar-refractivity contribution in [2.45, 2.75) is 31.7 Å². The van der Waals surface area contributed by atoms with Crippen molar-refractivity contribution in [2.24, 2.45) is 0 Å². The molecule has 2 rings (SSSR count). The third-order valence-electron chi connectivity index (χ3n) is 3.92. The smallest absolute Gasteiger partial charge is 0.254 e. The van der Waals surface area contributed by atoms with Gasteiger partial charge in [-0.15, -0.1) is 0 Å². The first-order chi connectivity index (χ1) is 9.63. The monoisotopic (exact) mass is 338 g/mol. The molecule has 0 spiro atoms. The van der Waals surface area contributed by atoms with Crippen LogP contribution in [0.25, 0.3) is 0 Å². The molecule has 20 heavy (non-hydrogen) atoms. The average Bonchev–Trinajstić information content (AvgIpc) is 2.92. The average molecular weight is 339 g/mol. The van der Waals surface area contributed by atoms with Gasteiger partial charge in [0.05, 0.1) is 0 Å². The maximum Gasteiger partial charge on any atom is 0.254 e. The number of carbonyl (C=O) groups is 1. The molecule has 1 fully saturated rings. The molecule has 110 valence electrons. The quantitative estimate of drug-likeness (QED) is 0.766. The zero-order chi connectivity index (χ0) is 14.5. The van der Waals surface area contributed by atoms with Crippen LogP contribution < -0.4 is 4.90 Å². The summed E-state index contributed by atoms with van der Waals surface area (Å²) in [5.74, 6) is 0.186. The lowest BCUT2D eigenvalue weighted by atomic mass is 10.1. The number of likely N-dealkylation sites (tertiary alicyclic amines) is 1. The van der Waals surface area contributed by atoms with Crippen LogP contribution in [0.3, 0.4) is 0 Å². The number of alkyl halides is 1.